The topological polar surface area (TPSA) is 42.8 Å². The fourth-order valence-corrected chi connectivity index (χ4v) is 3.17. The number of halogens is 3. The lowest BCUT2D eigenvalue weighted by atomic mass is 10.2. The average molecular weight is 447 g/mol. The molecule has 4 nitrogen and oxygen atoms in total. The van der Waals surface area contributed by atoms with Gasteiger partial charge < -0.3 is 14.9 Å². The van der Waals surface area contributed by atoms with Crippen molar-refractivity contribution in [1.82, 2.24) is 5.43 Å². The van der Waals surface area contributed by atoms with Crippen molar-refractivity contribution in [3.05, 3.63) is 93.2 Å². The van der Waals surface area contributed by atoms with Crippen LogP contribution in [0, 0.1) is 5.82 Å². The van der Waals surface area contributed by atoms with E-state index in [0.717, 1.165) is 16.7 Å². The average Bonchev–Trinajstić information content (AvgIpc) is 2.73. The summed E-state index contributed by atoms with van der Waals surface area (Å²) in [7, 11) is 0. The van der Waals surface area contributed by atoms with Crippen molar-refractivity contribution in [2.75, 3.05) is 6.61 Å². The van der Waals surface area contributed by atoms with E-state index in [2.05, 4.69) is 10.5 Å². The monoisotopic (exact) mass is 446 g/mol. The Bertz CT molecular complexity index is 1010. The normalized spacial score (nSPS) is 10.9. The minimum absolute atomic E-state index is 0.243. The van der Waals surface area contributed by atoms with Crippen LogP contribution >= 0.6 is 23.2 Å². The van der Waals surface area contributed by atoms with Crippen LogP contribution in [0.25, 0.3) is 0 Å². The lowest BCUT2D eigenvalue weighted by Crippen LogP contribution is -2.06. The van der Waals surface area contributed by atoms with E-state index in [1.807, 2.05) is 31.2 Å². The SMILES string of the molecule is CCOc1cc(/C=N\NCc2ccccc2Cl)cc(Cl)c1OCc1ccc(F)cc1. The molecule has 0 spiro atoms. The van der Waals surface area contributed by atoms with Crippen LogP contribution in [0.1, 0.15) is 23.6 Å². The van der Waals surface area contributed by atoms with E-state index in [9.17, 15) is 4.39 Å². The van der Waals surface area contributed by atoms with Crippen molar-refractivity contribution in [2.24, 2.45) is 5.10 Å². The second-order valence-corrected chi connectivity index (χ2v) is 7.18. The Hall–Kier alpha value is -2.76. The first-order valence-electron chi connectivity index (χ1n) is 9.39. The third-order valence-electron chi connectivity index (χ3n) is 4.16. The summed E-state index contributed by atoms with van der Waals surface area (Å²) in [6.45, 7) is 3.08. The molecule has 3 rings (SSSR count). The number of rotatable bonds is 9. The summed E-state index contributed by atoms with van der Waals surface area (Å²) in [4.78, 5) is 0. The largest absolute Gasteiger partial charge is 0.490 e. The number of hydrazone groups is 1. The third-order valence-corrected chi connectivity index (χ3v) is 4.81. The fourth-order valence-electron chi connectivity index (χ4n) is 2.69. The molecule has 7 heteroatoms. The summed E-state index contributed by atoms with van der Waals surface area (Å²) in [5.41, 5.74) is 5.50. The highest BCUT2D eigenvalue weighted by molar-refractivity contribution is 6.32. The molecule has 0 aliphatic carbocycles. The molecule has 0 saturated heterocycles. The molecule has 0 heterocycles. The zero-order valence-corrected chi connectivity index (χ0v) is 17.9. The summed E-state index contributed by atoms with van der Waals surface area (Å²) in [5, 5.41) is 5.31. The predicted molar refractivity (Wildman–Crippen MR) is 119 cm³/mol. The van der Waals surface area contributed by atoms with Crippen LogP contribution in [-0.4, -0.2) is 12.8 Å². The first-order valence-corrected chi connectivity index (χ1v) is 10.2. The van der Waals surface area contributed by atoms with Gasteiger partial charge in [0.1, 0.15) is 12.4 Å². The zero-order chi connectivity index (χ0) is 21.3. The summed E-state index contributed by atoms with van der Waals surface area (Å²) in [6, 6.07) is 17.2. The van der Waals surface area contributed by atoms with Crippen molar-refractivity contribution in [1.29, 1.82) is 0 Å². The molecule has 0 unspecified atom stereocenters. The number of hydrogen-bond acceptors (Lipinski definition) is 4. The second-order valence-electron chi connectivity index (χ2n) is 6.36. The first kappa shape index (κ1) is 21.9. The Balaban J connectivity index is 1.68. The molecule has 0 aliphatic heterocycles. The molecule has 0 saturated carbocycles. The molecule has 1 N–H and O–H groups in total. The molecule has 0 amide bonds. The number of nitrogens with one attached hydrogen (secondary N) is 1. The van der Waals surface area contributed by atoms with E-state index in [0.29, 0.717) is 34.7 Å². The molecular formula is C23H21Cl2FN2O2. The second kappa shape index (κ2) is 10.9. The van der Waals surface area contributed by atoms with Gasteiger partial charge in [-0.25, -0.2) is 4.39 Å². The van der Waals surface area contributed by atoms with E-state index >= 15 is 0 Å². The quantitative estimate of drug-likeness (QED) is 0.312. The standard InChI is InChI=1S/C23H21Cl2FN2O2/c1-2-29-22-12-17(13-27-28-14-18-5-3-4-6-20(18)24)11-21(25)23(22)30-15-16-7-9-19(26)10-8-16/h3-13,28H,2,14-15H2,1H3/b27-13-. The van der Waals surface area contributed by atoms with E-state index in [1.54, 1.807) is 30.5 Å². The van der Waals surface area contributed by atoms with Gasteiger partial charge >= 0.3 is 0 Å². The van der Waals surface area contributed by atoms with Crippen LogP contribution in [0.4, 0.5) is 4.39 Å². The number of hydrogen-bond donors (Lipinski definition) is 1. The summed E-state index contributed by atoms with van der Waals surface area (Å²) < 4.78 is 24.6. The fraction of sp³-hybridized carbons (Fsp3) is 0.174. The van der Waals surface area contributed by atoms with Gasteiger partial charge in [0, 0.05) is 5.02 Å². The van der Waals surface area contributed by atoms with Crippen molar-refractivity contribution in [2.45, 2.75) is 20.1 Å². The van der Waals surface area contributed by atoms with Crippen LogP contribution < -0.4 is 14.9 Å². The van der Waals surface area contributed by atoms with Crippen LogP contribution in [0.5, 0.6) is 11.5 Å². The Morgan fingerprint density at radius 2 is 1.77 bits per heavy atom. The molecule has 0 radical (unpaired) electrons. The first-order chi connectivity index (χ1) is 14.6. The summed E-state index contributed by atoms with van der Waals surface area (Å²) >= 11 is 12.6. The van der Waals surface area contributed by atoms with E-state index in [1.165, 1.54) is 12.1 Å². The Kier molecular flexibility index (Phi) is 7.94. The third kappa shape index (κ3) is 6.12. The predicted octanol–water partition coefficient (Wildman–Crippen LogP) is 6.23. The highest BCUT2D eigenvalue weighted by atomic mass is 35.5. The number of ether oxygens (including phenoxy) is 2. The molecular weight excluding hydrogens is 426 g/mol. The zero-order valence-electron chi connectivity index (χ0n) is 16.4. The van der Waals surface area contributed by atoms with Crippen molar-refractivity contribution >= 4 is 29.4 Å². The van der Waals surface area contributed by atoms with Gasteiger partial charge in [-0.2, -0.15) is 5.10 Å². The maximum Gasteiger partial charge on any atom is 0.180 e. The molecule has 156 valence electrons. The Morgan fingerprint density at radius 1 is 1.00 bits per heavy atom. The van der Waals surface area contributed by atoms with Gasteiger partial charge in [0.15, 0.2) is 11.5 Å². The van der Waals surface area contributed by atoms with Crippen molar-refractivity contribution in [3.63, 3.8) is 0 Å². The van der Waals surface area contributed by atoms with Crippen molar-refractivity contribution in [3.8, 4) is 11.5 Å². The van der Waals surface area contributed by atoms with Gasteiger partial charge in [0.2, 0.25) is 0 Å². The van der Waals surface area contributed by atoms with Crippen LogP contribution in [-0.2, 0) is 13.2 Å². The van der Waals surface area contributed by atoms with Gasteiger partial charge in [-0.15, -0.1) is 0 Å². The van der Waals surface area contributed by atoms with Gasteiger partial charge in [0.05, 0.1) is 24.4 Å². The van der Waals surface area contributed by atoms with E-state index in [-0.39, 0.29) is 12.4 Å². The smallest absolute Gasteiger partial charge is 0.180 e. The summed E-state index contributed by atoms with van der Waals surface area (Å²) in [5.74, 6) is 0.655. The maximum absolute atomic E-state index is 13.1. The minimum Gasteiger partial charge on any atom is -0.490 e. The Labute approximate surface area is 185 Å². The lowest BCUT2D eigenvalue weighted by molar-refractivity contribution is 0.269. The number of benzene rings is 3. The lowest BCUT2D eigenvalue weighted by Gasteiger charge is -2.14. The van der Waals surface area contributed by atoms with E-state index in [4.69, 9.17) is 32.7 Å². The molecule has 3 aromatic rings. The molecule has 0 aromatic heterocycles. The molecule has 30 heavy (non-hydrogen) atoms. The summed E-state index contributed by atoms with van der Waals surface area (Å²) in [6.07, 6.45) is 1.65. The molecule has 0 fully saturated rings. The van der Waals surface area contributed by atoms with Crippen molar-refractivity contribution < 1.29 is 13.9 Å². The van der Waals surface area contributed by atoms with Gasteiger partial charge in [-0.3, -0.25) is 0 Å². The van der Waals surface area contributed by atoms with E-state index < -0.39 is 0 Å². The van der Waals surface area contributed by atoms with Crippen LogP contribution in [0.15, 0.2) is 65.8 Å². The highest BCUT2D eigenvalue weighted by Crippen LogP contribution is 2.37. The van der Waals surface area contributed by atoms with Gasteiger partial charge in [-0.1, -0.05) is 53.5 Å². The van der Waals surface area contributed by atoms with Crippen LogP contribution in [0.3, 0.4) is 0 Å². The Morgan fingerprint density at radius 3 is 2.50 bits per heavy atom. The van der Waals surface area contributed by atoms with Crippen LogP contribution in [0.2, 0.25) is 10.0 Å². The number of nitrogens with zero attached hydrogens (tertiary/aromatic N) is 1. The molecule has 0 atom stereocenters. The molecule has 0 bridgehead atoms. The molecule has 3 aromatic carbocycles. The minimum atomic E-state index is -0.293. The highest BCUT2D eigenvalue weighted by Gasteiger charge is 2.12. The van der Waals surface area contributed by atoms with Gasteiger partial charge in [0.25, 0.3) is 0 Å². The maximum atomic E-state index is 13.1. The van der Waals surface area contributed by atoms with Gasteiger partial charge in [-0.05, 0) is 53.9 Å². The molecule has 0 aliphatic rings.